The molecule has 1 N–H and O–H groups in total. The number of likely N-dealkylation sites (tertiary alicyclic amines) is 1. The highest BCUT2D eigenvalue weighted by atomic mass is 16.5. The van der Waals surface area contributed by atoms with Crippen LogP contribution in [0.3, 0.4) is 0 Å². The van der Waals surface area contributed by atoms with E-state index >= 15 is 0 Å². The summed E-state index contributed by atoms with van der Waals surface area (Å²) in [6.07, 6.45) is 2.90. The van der Waals surface area contributed by atoms with Crippen LogP contribution in [0.2, 0.25) is 0 Å². The lowest BCUT2D eigenvalue weighted by atomic mass is 10.1. The zero-order valence-corrected chi connectivity index (χ0v) is 9.67. The van der Waals surface area contributed by atoms with Gasteiger partial charge in [0.1, 0.15) is 5.75 Å². The molecule has 1 aromatic rings. The van der Waals surface area contributed by atoms with Crippen molar-refractivity contribution in [2.24, 2.45) is 0 Å². The Labute approximate surface area is 100 Å². The summed E-state index contributed by atoms with van der Waals surface area (Å²) in [5, 5.41) is 9.09. The van der Waals surface area contributed by atoms with Crippen molar-refractivity contribution in [1.82, 2.24) is 4.90 Å². The molecule has 0 unspecified atom stereocenters. The zero-order valence-electron chi connectivity index (χ0n) is 9.67. The van der Waals surface area contributed by atoms with Crippen molar-refractivity contribution in [3.63, 3.8) is 0 Å². The number of aliphatic hydroxyl groups is 1. The summed E-state index contributed by atoms with van der Waals surface area (Å²) in [5.41, 5.74) is 0.916. The fourth-order valence-electron chi connectivity index (χ4n) is 1.65. The van der Waals surface area contributed by atoms with E-state index in [0.29, 0.717) is 13.1 Å². The summed E-state index contributed by atoms with van der Waals surface area (Å²) >= 11 is 0. The Morgan fingerprint density at radius 2 is 2.29 bits per heavy atom. The van der Waals surface area contributed by atoms with Gasteiger partial charge in [-0.05, 0) is 23.8 Å². The molecule has 90 valence electrons. The molecule has 0 saturated carbocycles. The average Bonchev–Trinajstić information content (AvgIpc) is 2.32. The van der Waals surface area contributed by atoms with Crippen LogP contribution in [0, 0.1) is 0 Å². The largest absolute Gasteiger partial charge is 0.497 e. The molecule has 0 bridgehead atoms. The number of rotatable bonds is 3. The second-order valence-electron chi connectivity index (χ2n) is 4.01. The molecule has 17 heavy (non-hydrogen) atoms. The van der Waals surface area contributed by atoms with Crippen molar-refractivity contribution in [3.8, 4) is 5.75 Å². The molecular formula is C13H15NO3. The molecule has 0 radical (unpaired) electrons. The average molecular weight is 233 g/mol. The van der Waals surface area contributed by atoms with Crippen LogP contribution in [0.15, 0.2) is 30.3 Å². The molecule has 1 amide bonds. The van der Waals surface area contributed by atoms with Gasteiger partial charge in [-0.1, -0.05) is 12.1 Å². The van der Waals surface area contributed by atoms with Crippen LogP contribution < -0.4 is 4.74 Å². The van der Waals surface area contributed by atoms with Crippen molar-refractivity contribution >= 4 is 12.0 Å². The summed E-state index contributed by atoms with van der Waals surface area (Å²) in [5.74, 6) is 0.692. The molecule has 1 aliphatic heterocycles. The van der Waals surface area contributed by atoms with Gasteiger partial charge < -0.3 is 14.7 Å². The molecular weight excluding hydrogens is 218 g/mol. The number of β-amino-alcohol motifs (C(OH)–C–C–N with tert-alkyl or cyclic N) is 1. The number of amides is 1. The van der Waals surface area contributed by atoms with E-state index in [1.54, 1.807) is 18.1 Å². The van der Waals surface area contributed by atoms with Crippen LogP contribution in [0.4, 0.5) is 0 Å². The van der Waals surface area contributed by atoms with Gasteiger partial charge in [-0.3, -0.25) is 4.79 Å². The summed E-state index contributed by atoms with van der Waals surface area (Å²) in [6, 6.07) is 7.48. The minimum absolute atomic E-state index is 0.0712. The number of hydrogen-bond donors (Lipinski definition) is 1. The highest BCUT2D eigenvalue weighted by Crippen LogP contribution is 2.14. The van der Waals surface area contributed by atoms with Gasteiger partial charge in [0.25, 0.3) is 0 Å². The van der Waals surface area contributed by atoms with E-state index in [9.17, 15) is 4.79 Å². The normalized spacial score (nSPS) is 16.0. The van der Waals surface area contributed by atoms with E-state index < -0.39 is 0 Å². The predicted molar refractivity (Wildman–Crippen MR) is 64.6 cm³/mol. The molecule has 4 nitrogen and oxygen atoms in total. The maximum Gasteiger partial charge on any atom is 0.246 e. The monoisotopic (exact) mass is 233 g/mol. The molecule has 0 aliphatic carbocycles. The van der Waals surface area contributed by atoms with Crippen LogP contribution in [-0.2, 0) is 4.79 Å². The number of carbonyl (C=O) groups is 1. The molecule has 0 atom stereocenters. The van der Waals surface area contributed by atoms with Crippen molar-refractivity contribution in [1.29, 1.82) is 0 Å². The Morgan fingerprint density at radius 1 is 1.53 bits per heavy atom. The number of nitrogens with zero attached hydrogens (tertiary/aromatic N) is 1. The van der Waals surface area contributed by atoms with Crippen LogP contribution in [0.1, 0.15) is 5.56 Å². The van der Waals surface area contributed by atoms with Gasteiger partial charge in [-0.15, -0.1) is 0 Å². The van der Waals surface area contributed by atoms with Crippen molar-refractivity contribution < 1.29 is 14.6 Å². The van der Waals surface area contributed by atoms with Crippen molar-refractivity contribution in [2.75, 3.05) is 20.2 Å². The molecule has 1 heterocycles. The first kappa shape index (κ1) is 11.7. The standard InChI is InChI=1S/C13H15NO3/c1-17-12-4-2-3-10(7-12)5-6-13(16)14-8-11(15)9-14/h2-7,11,15H,8-9H2,1H3. The number of carbonyl (C=O) groups excluding carboxylic acids is 1. The van der Waals surface area contributed by atoms with E-state index in [1.165, 1.54) is 6.08 Å². The quantitative estimate of drug-likeness (QED) is 0.789. The Hall–Kier alpha value is -1.81. The SMILES string of the molecule is COc1cccc(C=CC(=O)N2CC(O)C2)c1. The molecule has 0 spiro atoms. The van der Waals surface area contributed by atoms with E-state index in [0.717, 1.165) is 11.3 Å². The first-order valence-electron chi connectivity index (χ1n) is 5.48. The maximum absolute atomic E-state index is 11.6. The summed E-state index contributed by atoms with van der Waals surface area (Å²) in [6.45, 7) is 0.864. The van der Waals surface area contributed by atoms with Crippen LogP contribution in [0.25, 0.3) is 6.08 Å². The Bertz CT molecular complexity index is 436. The molecule has 1 aromatic carbocycles. The molecule has 2 rings (SSSR count). The Morgan fingerprint density at radius 3 is 2.94 bits per heavy atom. The maximum atomic E-state index is 11.6. The van der Waals surface area contributed by atoms with Gasteiger partial charge in [-0.2, -0.15) is 0 Å². The highest BCUT2D eigenvalue weighted by molar-refractivity contribution is 5.92. The lowest BCUT2D eigenvalue weighted by molar-refractivity contribution is -0.135. The van der Waals surface area contributed by atoms with Crippen LogP contribution in [-0.4, -0.2) is 42.2 Å². The highest BCUT2D eigenvalue weighted by Gasteiger charge is 2.26. The summed E-state index contributed by atoms with van der Waals surface area (Å²) in [4.78, 5) is 13.2. The number of hydrogen-bond acceptors (Lipinski definition) is 3. The van der Waals surface area contributed by atoms with Gasteiger partial charge >= 0.3 is 0 Å². The van der Waals surface area contributed by atoms with Gasteiger partial charge in [0, 0.05) is 19.2 Å². The van der Waals surface area contributed by atoms with E-state index in [-0.39, 0.29) is 12.0 Å². The third-order valence-electron chi connectivity index (χ3n) is 2.69. The molecule has 4 heteroatoms. The molecule has 1 saturated heterocycles. The van der Waals surface area contributed by atoms with Crippen LogP contribution >= 0.6 is 0 Å². The second-order valence-corrected chi connectivity index (χ2v) is 4.01. The molecule has 1 fully saturated rings. The molecule has 1 aliphatic rings. The third-order valence-corrected chi connectivity index (χ3v) is 2.69. The first-order valence-corrected chi connectivity index (χ1v) is 5.48. The van der Waals surface area contributed by atoms with Gasteiger partial charge in [0.2, 0.25) is 5.91 Å². The number of methoxy groups -OCH3 is 1. The topological polar surface area (TPSA) is 49.8 Å². The summed E-state index contributed by atoms with van der Waals surface area (Å²) in [7, 11) is 1.61. The fraction of sp³-hybridized carbons (Fsp3) is 0.308. The van der Waals surface area contributed by atoms with Gasteiger partial charge in [-0.25, -0.2) is 0 Å². The van der Waals surface area contributed by atoms with E-state index in [2.05, 4.69) is 0 Å². The lowest BCUT2D eigenvalue weighted by Crippen LogP contribution is -2.52. The predicted octanol–water partition coefficient (Wildman–Crippen LogP) is 0.911. The Balaban J connectivity index is 1.97. The number of benzene rings is 1. The Kier molecular flexibility index (Phi) is 3.44. The first-order chi connectivity index (χ1) is 8.19. The minimum Gasteiger partial charge on any atom is -0.497 e. The summed E-state index contributed by atoms with van der Waals surface area (Å²) < 4.78 is 5.09. The van der Waals surface area contributed by atoms with E-state index in [4.69, 9.17) is 9.84 Å². The minimum atomic E-state index is -0.357. The van der Waals surface area contributed by atoms with Crippen molar-refractivity contribution in [2.45, 2.75) is 6.10 Å². The smallest absolute Gasteiger partial charge is 0.246 e. The zero-order chi connectivity index (χ0) is 12.3. The van der Waals surface area contributed by atoms with Gasteiger partial charge in [0.05, 0.1) is 13.2 Å². The van der Waals surface area contributed by atoms with Gasteiger partial charge in [0.15, 0.2) is 0 Å². The number of ether oxygens (including phenoxy) is 1. The van der Waals surface area contributed by atoms with Crippen molar-refractivity contribution in [3.05, 3.63) is 35.9 Å². The molecule has 0 aromatic heterocycles. The van der Waals surface area contributed by atoms with E-state index in [1.807, 2.05) is 24.3 Å². The lowest BCUT2D eigenvalue weighted by Gasteiger charge is -2.34. The third kappa shape index (κ3) is 2.85. The second kappa shape index (κ2) is 5.01. The van der Waals surface area contributed by atoms with Crippen LogP contribution in [0.5, 0.6) is 5.75 Å². The number of aliphatic hydroxyl groups excluding tert-OH is 1. The fourth-order valence-corrected chi connectivity index (χ4v) is 1.65.